The number of hydrogen-bond acceptors (Lipinski definition) is 4. The van der Waals surface area contributed by atoms with Crippen molar-refractivity contribution in [1.82, 2.24) is 9.97 Å². The summed E-state index contributed by atoms with van der Waals surface area (Å²) in [7, 11) is 0. The van der Waals surface area contributed by atoms with Gasteiger partial charge in [-0.05, 0) is 37.5 Å². The van der Waals surface area contributed by atoms with Crippen LogP contribution in [0.5, 0.6) is 0 Å². The summed E-state index contributed by atoms with van der Waals surface area (Å²) in [6.07, 6.45) is 2.05. The highest BCUT2D eigenvalue weighted by molar-refractivity contribution is 5.56. The average molecular weight is 314 g/mol. The van der Waals surface area contributed by atoms with Crippen LogP contribution in [-0.2, 0) is 6.42 Å². The number of hydrogen-bond donors (Lipinski definition) is 0. The maximum absolute atomic E-state index is 14.4. The van der Waals surface area contributed by atoms with Gasteiger partial charge in [0.1, 0.15) is 6.33 Å². The highest BCUT2D eigenvalue weighted by Gasteiger charge is 2.23. The van der Waals surface area contributed by atoms with Crippen molar-refractivity contribution in [3.05, 3.63) is 47.2 Å². The summed E-state index contributed by atoms with van der Waals surface area (Å²) in [5.74, 6) is 0.174. The third-order valence-corrected chi connectivity index (χ3v) is 4.46. The van der Waals surface area contributed by atoms with E-state index in [0.717, 1.165) is 26.2 Å². The van der Waals surface area contributed by atoms with E-state index in [1.54, 1.807) is 0 Å². The molecule has 1 aliphatic rings. The van der Waals surface area contributed by atoms with Crippen molar-refractivity contribution in [3.63, 3.8) is 0 Å². The number of nitrogens with zero attached hydrogens (tertiary/aromatic N) is 4. The van der Waals surface area contributed by atoms with Crippen molar-refractivity contribution >= 4 is 11.5 Å². The zero-order valence-corrected chi connectivity index (χ0v) is 14.0. The Balaban J connectivity index is 1.75. The van der Waals surface area contributed by atoms with Gasteiger partial charge in [0, 0.05) is 31.9 Å². The van der Waals surface area contributed by atoms with Crippen molar-refractivity contribution in [1.29, 1.82) is 0 Å². The predicted molar refractivity (Wildman–Crippen MR) is 91.7 cm³/mol. The van der Waals surface area contributed by atoms with Gasteiger partial charge in [0.25, 0.3) is 0 Å². The Morgan fingerprint density at radius 3 is 2.43 bits per heavy atom. The Hall–Kier alpha value is -2.17. The lowest BCUT2D eigenvalue weighted by molar-refractivity contribution is 0.568. The van der Waals surface area contributed by atoms with Gasteiger partial charge in [0.15, 0.2) is 11.6 Å². The lowest BCUT2D eigenvalue weighted by Gasteiger charge is -2.37. The van der Waals surface area contributed by atoms with E-state index in [-0.39, 0.29) is 5.82 Å². The van der Waals surface area contributed by atoms with Crippen LogP contribution >= 0.6 is 0 Å². The number of halogens is 1. The van der Waals surface area contributed by atoms with E-state index in [2.05, 4.69) is 46.9 Å². The van der Waals surface area contributed by atoms with Crippen molar-refractivity contribution < 1.29 is 4.39 Å². The van der Waals surface area contributed by atoms with Crippen LogP contribution in [0.1, 0.15) is 23.7 Å². The molecule has 0 unspecified atom stereocenters. The summed E-state index contributed by atoms with van der Waals surface area (Å²) >= 11 is 0. The first-order valence-corrected chi connectivity index (χ1v) is 8.16. The first-order chi connectivity index (χ1) is 11.1. The first kappa shape index (κ1) is 15.7. The van der Waals surface area contributed by atoms with Crippen LogP contribution in [0, 0.1) is 19.7 Å². The fourth-order valence-corrected chi connectivity index (χ4v) is 3.08. The molecule has 4 nitrogen and oxygen atoms in total. The van der Waals surface area contributed by atoms with Crippen LogP contribution in [0.15, 0.2) is 24.5 Å². The molecule has 0 N–H and O–H groups in total. The molecule has 1 saturated heterocycles. The summed E-state index contributed by atoms with van der Waals surface area (Å²) in [4.78, 5) is 12.6. The molecule has 0 spiro atoms. The number of aromatic nitrogens is 2. The lowest BCUT2D eigenvalue weighted by Crippen LogP contribution is -2.47. The van der Waals surface area contributed by atoms with Crippen LogP contribution in [0.2, 0.25) is 0 Å². The van der Waals surface area contributed by atoms with Gasteiger partial charge in [0.05, 0.1) is 5.69 Å². The standard InChI is InChI=1S/C18H23FN4/c1-4-15-17(19)18(21-12-20-15)23-9-7-22(8-10-23)16-11-13(2)5-6-14(16)3/h5-6,11-12H,4,7-10H2,1-3H3. The zero-order chi connectivity index (χ0) is 16.4. The molecule has 23 heavy (non-hydrogen) atoms. The third kappa shape index (κ3) is 3.14. The number of piperazine rings is 1. The highest BCUT2D eigenvalue weighted by atomic mass is 19.1. The van der Waals surface area contributed by atoms with Gasteiger partial charge in [-0.2, -0.15) is 0 Å². The second-order valence-corrected chi connectivity index (χ2v) is 6.08. The molecule has 0 atom stereocenters. The maximum Gasteiger partial charge on any atom is 0.187 e. The Kier molecular flexibility index (Phi) is 4.46. The molecule has 5 heteroatoms. The second-order valence-electron chi connectivity index (χ2n) is 6.08. The summed E-state index contributed by atoms with van der Waals surface area (Å²) in [6, 6.07) is 6.53. The Labute approximate surface area is 137 Å². The number of rotatable bonds is 3. The van der Waals surface area contributed by atoms with Crippen molar-refractivity contribution in [2.75, 3.05) is 36.0 Å². The van der Waals surface area contributed by atoms with Gasteiger partial charge in [-0.1, -0.05) is 19.1 Å². The normalized spacial score (nSPS) is 15.1. The molecule has 1 aliphatic heterocycles. The minimum absolute atomic E-state index is 0.268. The lowest BCUT2D eigenvalue weighted by atomic mass is 10.1. The zero-order valence-electron chi connectivity index (χ0n) is 14.0. The molecule has 122 valence electrons. The maximum atomic E-state index is 14.4. The molecule has 1 aromatic carbocycles. The Morgan fingerprint density at radius 2 is 1.74 bits per heavy atom. The summed E-state index contributed by atoms with van der Waals surface area (Å²) in [5, 5.41) is 0. The molecule has 0 amide bonds. The Bertz CT molecular complexity index is 693. The van der Waals surface area contributed by atoms with E-state index in [0.29, 0.717) is 17.9 Å². The molecular formula is C18H23FN4. The van der Waals surface area contributed by atoms with Gasteiger partial charge < -0.3 is 9.80 Å². The second kappa shape index (κ2) is 6.52. The van der Waals surface area contributed by atoms with E-state index in [1.165, 1.54) is 23.1 Å². The molecular weight excluding hydrogens is 291 g/mol. The molecule has 3 rings (SSSR count). The smallest absolute Gasteiger partial charge is 0.187 e. The average Bonchev–Trinajstić information content (AvgIpc) is 2.57. The SMILES string of the molecule is CCc1ncnc(N2CCN(c3cc(C)ccc3C)CC2)c1F. The van der Waals surface area contributed by atoms with Gasteiger partial charge in [-0.25, -0.2) is 14.4 Å². The quantitative estimate of drug-likeness (QED) is 0.871. The van der Waals surface area contributed by atoms with E-state index >= 15 is 0 Å². The molecule has 0 saturated carbocycles. The monoisotopic (exact) mass is 314 g/mol. The van der Waals surface area contributed by atoms with Crippen LogP contribution in [0.25, 0.3) is 0 Å². The van der Waals surface area contributed by atoms with E-state index in [9.17, 15) is 4.39 Å². The minimum atomic E-state index is -0.268. The molecule has 1 aromatic heterocycles. The fraction of sp³-hybridized carbons (Fsp3) is 0.444. The number of anilines is 2. The van der Waals surface area contributed by atoms with Crippen LogP contribution in [0.4, 0.5) is 15.9 Å². The van der Waals surface area contributed by atoms with Gasteiger partial charge in [-0.15, -0.1) is 0 Å². The predicted octanol–water partition coefficient (Wildman–Crippen LogP) is 3.12. The third-order valence-electron chi connectivity index (χ3n) is 4.46. The highest BCUT2D eigenvalue weighted by Crippen LogP contribution is 2.25. The minimum Gasteiger partial charge on any atom is -0.368 e. The number of aryl methyl sites for hydroxylation is 3. The summed E-state index contributed by atoms with van der Waals surface area (Å²) in [6.45, 7) is 9.44. The topological polar surface area (TPSA) is 32.3 Å². The Morgan fingerprint density at radius 1 is 1.04 bits per heavy atom. The van der Waals surface area contributed by atoms with E-state index in [1.807, 2.05) is 11.8 Å². The molecule has 2 heterocycles. The summed E-state index contributed by atoms with van der Waals surface area (Å²) < 4.78 is 14.4. The van der Waals surface area contributed by atoms with Gasteiger partial charge in [0.2, 0.25) is 0 Å². The molecule has 1 fully saturated rings. The van der Waals surface area contributed by atoms with Gasteiger partial charge >= 0.3 is 0 Å². The largest absolute Gasteiger partial charge is 0.368 e. The van der Waals surface area contributed by atoms with E-state index < -0.39 is 0 Å². The van der Waals surface area contributed by atoms with Crippen LogP contribution in [0.3, 0.4) is 0 Å². The van der Waals surface area contributed by atoms with Gasteiger partial charge in [-0.3, -0.25) is 0 Å². The summed E-state index contributed by atoms with van der Waals surface area (Å²) in [5.41, 5.74) is 4.32. The number of benzene rings is 1. The van der Waals surface area contributed by atoms with Crippen molar-refractivity contribution in [3.8, 4) is 0 Å². The van der Waals surface area contributed by atoms with Crippen LogP contribution in [-0.4, -0.2) is 36.1 Å². The van der Waals surface area contributed by atoms with Crippen LogP contribution < -0.4 is 9.80 Å². The molecule has 0 radical (unpaired) electrons. The molecule has 0 bridgehead atoms. The fourth-order valence-electron chi connectivity index (χ4n) is 3.08. The molecule has 0 aliphatic carbocycles. The van der Waals surface area contributed by atoms with E-state index in [4.69, 9.17) is 0 Å². The first-order valence-electron chi connectivity index (χ1n) is 8.16. The van der Waals surface area contributed by atoms with Crippen molar-refractivity contribution in [2.45, 2.75) is 27.2 Å². The molecule has 2 aromatic rings. The van der Waals surface area contributed by atoms with Crippen molar-refractivity contribution in [2.24, 2.45) is 0 Å².